The summed E-state index contributed by atoms with van der Waals surface area (Å²) in [7, 11) is 0. The van der Waals surface area contributed by atoms with Crippen LogP contribution in [0.25, 0.3) is 0 Å². The minimum atomic E-state index is -0.181. The maximum Gasteiger partial charge on any atom is 0.0566 e. The van der Waals surface area contributed by atoms with Crippen LogP contribution in [0.5, 0.6) is 0 Å². The van der Waals surface area contributed by atoms with Crippen LogP contribution in [0.15, 0.2) is 46.9 Å². The molecule has 1 aliphatic rings. The smallest absolute Gasteiger partial charge is 0.0566 e. The fraction of sp³-hybridized carbons (Fsp3) is 0.294. The third-order valence-electron chi connectivity index (χ3n) is 4.14. The van der Waals surface area contributed by atoms with Crippen molar-refractivity contribution in [2.75, 3.05) is 0 Å². The molecule has 2 N–H and O–H groups in total. The molecule has 1 atom stereocenters. The predicted molar refractivity (Wildman–Crippen MR) is 88.2 cm³/mol. The van der Waals surface area contributed by atoms with E-state index in [1.54, 1.807) is 0 Å². The summed E-state index contributed by atoms with van der Waals surface area (Å²) >= 11 is 9.76. The number of hydrogen-bond acceptors (Lipinski definition) is 1. The second kappa shape index (κ2) is 5.88. The van der Waals surface area contributed by atoms with Crippen LogP contribution in [-0.2, 0) is 0 Å². The van der Waals surface area contributed by atoms with Crippen molar-refractivity contribution in [2.45, 2.75) is 31.2 Å². The molecule has 1 nitrogen and oxygen atoms in total. The van der Waals surface area contributed by atoms with Gasteiger partial charge >= 0.3 is 0 Å². The first-order chi connectivity index (χ1) is 9.65. The molecule has 0 radical (unpaired) electrons. The van der Waals surface area contributed by atoms with E-state index in [0.29, 0.717) is 0 Å². The fourth-order valence-electron chi connectivity index (χ4n) is 2.68. The SMILES string of the molecule is NC(c1cccc(C2CCC2)c1)c1cc(Br)ccc1Cl. The van der Waals surface area contributed by atoms with Gasteiger partial charge in [0.15, 0.2) is 0 Å². The van der Waals surface area contributed by atoms with Gasteiger partial charge in [0.1, 0.15) is 0 Å². The van der Waals surface area contributed by atoms with Gasteiger partial charge in [-0.15, -0.1) is 0 Å². The van der Waals surface area contributed by atoms with Crippen LogP contribution in [0, 0.1) is 0 Å². The zero-order valence-corrected chi connectivity index (χ0v) is 13.5. The van der Waals surface area contributed by atoms with Gasteiger partial charge < -0.3 is 5.73 Å². The number of hydrogen-bond donors (Lipinski definition) is 1. The Balaban J connectivity index is 1.93. The summed E-state index contributed by atoms with van der Waals surface area (Å²) in [4.78, 5) is 0. The summed E-state index contributed by atoms with van der Waals surface area (Å²) in [5, 5.41) is 0.717. The Bertz CT molecular complexity index is 622. The van der Waals surface area contributed by atoms with Crippen LogP contribution in [-0.4, -0.2) is 0 Å². The lowest BCUT2D eigenvalue weighted by Gasteiger charge is -2.26. The van der Waals surface area contributed by atoms with E-state index < -0.39 is 0 Å². The second-order valence-corrected chi connectivity index (χ2v) is 6.76. The number of nitrogens with two attached hydrogens (primary N) is 1. The van der Waals surface area contributed by atoms with Gasteiger partial charge in [0.05, 0.1) is 6.04 Å². The first kappa shape index (κ1) is 14.1. The third kappa shape index (κ3) is 2.78. The van der Waals surface area contributed by atoms with Gasteiger partial charge in [-0.2, -0.15) is 0 Å². The highest BCUT2D eigenvalue weighted by Gasteiger charge is 2.21. The van der Waals surface area contributed by atoms with Gasteiger partial charge in [0.25, 0.3) is 0 Å². The van der Waals surface area contributed by atoms with Crippen molar-refractivity contribution in [1.29, 1.82) is 0 Å². The van der Waals surface area contributed by atoms with Gasteiger partial charge in [-0.25, -0.2) is 0 Å². The molecule has 1 aliphatic carbocycles. The van der Waals surface area contributed by atoms with Crippen molar-refractivity contribution >= 4 is 27.5 Å². The lowest BCUT2D eigenvalue weighted by molar-refractivity contribution is 0.419. The standard InChI is InChI=1S/C17H17BrClN/c18-14-7-8-16(19)15(10-14)17(20)13-6-2-5-12(9-13)11-3-1-4-11/h2,5-11,17H,1,3-4,20H2. The Morgan fingerprint density at radius 2 is 1.95 bits per heavy atom. The average Bonchev–Trinajstić information content (AvgIpc) is 2.39. The van der Waals surface area contributed by atoms with E-state index in [2.05, 4.69) is 40.2 Å². The van der Waals surface area contributed by atoms with Gasteiger partial charge in [-0.3, -0.25) is 0 Å². The van der Waals surface area contributed by atoms with Crippen LogP contribution in [0.2, 0.25) is 5.02 Å². The summed E-state index contributed by atoms with van der Waals surface area (Å²) in [6.07, 6.45) is 3.95. The highest BCUT2D eigenvalue weighted by atomic mass is 79.9. The minimum Gasteiger partial charge on any atom is -0.320 e. The molecule has 0 amide bonds. The van der Waals surface area contributed by atoms with E-state index >= 15 is 0 Å². The van der Waals surface area contributed by atoms with E-state index in [1.807, 2.05) is 18.2 Å². The molecule has 0 saturated heterocycles. The molecule has 1 saturated carbocycles. The van der Waals surface area contributed by atoms with Crippen molar-refractivity contribution < 1.29 is 0 Å². The molecule has 104 valence electrons. The predicted octanol–water partition coefficient (Wildman–Crippen LogP) is 5.42. The van der Waals surface area contributed by atoms with Gasteiger partial charge in [0.2, 0.25) is 0 Å². The Morgan fingerprint density at radius 3 is 2.65 bits per heavy atom. The van der Waals surface area contributed by atoms with Crippen LogP contribution in [0.1, 0.15) is 47.9 Å². The third-order valence-corrected chi connectivity index (χ3v) is 4.98. The number of rotatable bonds is 3. The summed E-state index contributed by atoms with van der Waals surface area (Å²) in [5.41, 5.74) is 9.92. The highest BCUT2D eigenvalue weighted by Crippen LogP contribution is 2.37. The van der Waals surface area contributed by atoms with Crippen LogP contribution >= 0.6 is 27.5 Å². The Morgan fingerprint density at radius 1 is 1.15 bits per heavy atom. The normalized spacial score (nSPS) is 16.8. The lowest BCUT2D eigenvalue weighted by Crippen LogP contribution is -2.14. The zero-order valence-electron chi connectivity index (χ0n) is 11.2. The average molecular weight is 351 g/mol. The van der Waals surface area contributed by atoms with Crippen molar-refractivity contribution in [3.63, 3.8) is 0 Å². The summed E-state index contributed by atoms with van der Waals surface area (Å²) in [6, 6.07) is 14.3. The molecule has 0 heterocycles. The van der Waals surface area contributed by atoms with Gasteiger partial charge in [-0.05, 0) is 53.6 Å². The molecule has 1 fully saturated rings. The molecule has 20 heavy (non-hydrogen) atoms. The summed E-state index contributed by atoms with van der Waals surface area (Å²) in [5.74, 6) is 0.722. The van der Waals surface area contributed by atoms with E-state index in [9.17, 15) is 0 Å². The Kier molecular flexibility index (Phi) is 4.16. The molecular weight excluding hydrogens is 334 g/mol. The first-order valence-corrected chi connectivity index (χ1v) is 8.12. The molecule has 3 heteroatoms. The fourth-order valence-corrected chi connectivity index (χ4v) is 3.29. The maximum absolute atomic E-state index is 6.41. The van der Waals surface area contributed by atoms with E-state index in [1.165, 1.54) is 24.8 Å². The molecule has 0 spiro atoms. The van der Waals surface area contributed by atoms with Crippen molar-refractivity contribution in [2.24, 2.45) is 5.73 Å². The van der Waals surface area contributed by atoms with Gasteiger partial charge in [0, 0.05) is 9.50 Å². The Hall–Kier alpha value is -0.830. The second-order valence-electron chi connectivity index (χ2n) is 5.44. The summed E-state index contributed by atoms with van der Waals surface area (Å²) in [6.45, 7) is 0. The quantitative estimate of drug-likeness (QED) is 0.786. The summed E-state index contributed by atoms with van der Waals surface area (Å²) < 4.78 is 1.00. The molecule has 2 aromatic carbocycles. The maximum atomic E-state index is 6.41. The van der Waals surface area contributed by atoms with Crippen LogP contribution in [0.3, 0.4) is 0 Å². The number of halogens is 2. The molecule has 3 rings (SSSR count). The zero-order chi connectivity index (χ0) is 14.1. The molecule has 2 aromatic rings. The van der Waals surface area contributed by atoms with E-state index in [-0.39, 0.29) is 6.04 Å². The van der Waals surface area contributed by atoms with Crippen LogP contribution < -0.4 is 5.73 Å². The molecular formula is C17H17BrClN. The van der Waals surface area contributed by atoms with Crippen LogP contribution in [0.4, 0.5) is 0 Å². The van der Waals surface area contributed by atoms with Crippen molar-refractivity contribution in [1.82, 2.24) is 0 Å². The van der Waals surface area contributed by atoms with E-state index in [0.717, 1.165) is 26.5 Å². The molecule has 0 aromatic heterocycles. The highest BCUT2D eigenvalue weighted by molar-refractivity contribution is 9.10. The molecule has 0 bridgehead atoms. The number of benzene rings is 2. The van der Waals surface area contributed by atoms with Crippen molar-refractivity contribution in [3.05, 3.63) is 68.7 Å². The Labute approximate surface area is 133 Å². The minimum absolute atomic E-state index is 0.181. The topological polar surface area (TPSA) is 26.0 Å². The van der Waals surface area contributed by atoms with Gasteiger partial charge in [-0.1, -0.05) is 58.2 Å². The lowest BCUT2D eigenvalue weighted by atomic mass is 9.79. The first-order valence-electron chi connectivity index (χ1n) is 6.95. The molecule has 1 unspecified atom stereocenters. The van der Waals surface area contributed by atoms with Crippen molar-refractivity contribution in [3.8, 4) is 0 Å². The van der Waals surface area contributed by atoms with E-state index in [4.69, 9.17) is 17.3 Å². The molecule has 0 aliphatic heterocycles. The monoisotopic (exact) mass is 349 g/mol. The largest absolute Gasteiger partial charge is 0.320 e.